The highest BCUT2D eigenvalue weighted by Gasteiger charge is 2.20. The summed E-state index contributed by atoms with van der Waals surface area (Å²) in [4.78, 5) is 0. The summed E-state index contributed by atoms with van der Waals surface area (Å²) in [5, 5.41) is 9.35. The fourth-order valence-corrected chi connectivity index (χ4v) is 1.35. The Labute approximate surface area is 54.5 Å². The molecule has 1 saturated heterocycles. The standard InChI is InChI=1S/C6H12OS/c7-4-2-1-3-6-5-8-6/h6-7H,1-5H2. The first-order valence-corrected chi connectivity index (χ1v) is 4.21. The van der Waals surface area contributed by atoms with Crippen LogP contribution in [0.3, 0.4) is 0 Å². The van der Waals surface area contributed by atoms with Crippen LogP contribution in [-0.2, 0) is 0 Å². The van der Waals surface area contributed by atoms with Crippen LogP contribution in [0.15, 0.2) is 0 Å². The second-order valence-electron chi connectivity index (χ2n) is 2.17. The van der Waals surface area contributed by atoms with E-state index in [-0.39, 0.29) is 0 Å². The molecule has 1 N–H and O–H groups in total. The van der Waals surface area contributed by atoms with Crippen LogP contribution >= 0.6 is 11.8 Å². The highest BCUT2D eigenvalue weighted by Crippen LogP contribution is 2.34. The predicted octanol–water partition coefficient (Wildman–Crippen LogP) is 1.26. The lowest BCUT2D eigenvalue weighted by molar-refractivity contribution is 0.283. The van der Waals surface area contributed by atoms with Gasteiger partial charge in [0, 0.05) is 17.6 Å². The lowest BCUT2D eigenvalue weighted by atomic mass is 10.2. The minimum atomic E-state index is 0.372. The second kappa shape index (κ2) is 3.36. The molecular formula is C6H12OS. The first kappa shape index (κ1) is 6.43. The zero-order chi connectivity index (χ0) is 5.82. The normalized spacial score (nSPS) is 25.9. The van der Waals surface area contributed by atoms with Crippen molar-refractivity contribution in [3.8, 4) is 0 Å². The third-order valence-corrected chi connectivity index (χ3v) is 2.38. The third-order valence-electron chi connectivity index (χ3n) is 1.34. The summed E-state index contributed by atoms with van der Waals surface area (Å²) >= 11 is 2.04. The van der Waals surface area contributed by atoms with E-state index in [1.165, 1.54) is 18.6 Å². The number of aliphatic hydroxyl groups excluding tert-OH is 1. The van der Waals surface area contributed by atoms with Crippen LogP contribution in [-0.4, -0.2) is 22.7 Å². The molecule has 0 bridgehead atoms. The fourth-order valence-electron chi connectivity index (χ4n) is 0.719. The average molecular weight is 132 g/mol. The highest BCUT2D eigenvalue weighted by atomic mass is 32.2. The molecule has 0 aliphatic carbocycles. The molecule has 1 aliphatic rings. The molecule has 0 radical (unpaired) electrons. The number of hydrogen-bond acceptors (Lipinski definition) is 2. The Morgan fingerprint density at radius 1 is 1.50 bits per heavy atom. The Morgan fingerprint density at radius 2 is 2.25 bits per heavy atom. The van der Waals surface area contributed by atoms with E-state index in [0.717, 1.165) is 11.7 Å². The van der Waals surface area contributed by atoms with Crippen molar-refractivity contribution in [2.24, 2.45) is 0 Å². The van der Waals surface area contributed by atoms with Crippen molar-refractivity contribution in [2.45, 2.75) is 24.5 Å². The number of unbranched alkanes of at least 4 members (excludes halogenated alkanes) is 1. The van der Waals surface area contributed by atoms with E-state index in [9.17, 15) is 0 Å². The zero-order valence-corrected chi connectivity index (χ0v) is 5.78. The molecule has 1 nitrogen and oxygen atoms in total. The van der Waals surface area contributed by atoms with Gasteiger partial charge in [-0.1, -0.05) is 6.42 Å². The first-order valence-electron chi connectivity index (χ1n) is 3.16. The van der Waals surface area contributed by atoms with Crippen LogP contribution in [0.5, 0.6) is 0 Å². The molecule has 0 aromatic heterocycles. The summed E-state index contributed by atoms with van der Waals surface area (Å²) in [5.41, 5.74) is 0. The fraction of sp³-hybridized carbons (Fsp3) is 1.00. The van der Waals surface area contributed by atoms with Gasteiger partial charge in [-0.3, -0.25) is 0 Å². The van der Waals surface area contributed by atoms with Gasteiger partial charge in [0.2, 0.25) is 0 Å². The minimum absolute atomic E-state index is 0.372. The SMILES string of the molecule is OCCCCC1CS1. The van der Waals surface area contributed by atoms with E-state index in [0.29, 0.717) is 6.61 Å². The molecular weight excluding hydrogens is 120 g/mol. The molecule has 0 spiro atoms. The van der Waals surface area contributed by atoms with Gasteiger partial charge < -0.3 is 5.11 Å². The van der Waals surface area contributed by atoms with Gasteiger partial charge in [0.15, 0.2) is 0 Å². The summed E-state index contributed by atoms with van der Waals surface area (Å²) in [5.74, 6) is 1.37. The molecule has 1 atom stereocenters. The van der Waals surface area contributed by atoms with Crippen molar-refractivity contribution in [2.75, 3.05) is 12.4 Å². The third kappa shape index (κ3) is 2.58. The number of aliphatic hydroxyl groups is 1. The number of rotatable bonds is 4. The van der Waals surface area contributed by atoms with E-state index in [1.807, 2.05) is 11.8 Å². The summed E-state index contributed by atoms with van der Waals surface area (Å²) in [6, 6.07) is 0. The van der Waals surface area contributed by atoms with Crippen LogP contribution in [0.2, 0.25) is 0 Å². The van der Waals surface area contributed by atoms with Gasteiger partial charge in [-0.25, -0.2) is 0 Å². The van der Waals surface area contributed by atoms with Crippen LogP contribution < -0.4 is 0 Å². The Bertz CT molecular complexity index is 61.5. The van der Waals surface area contributed by atoms with E-state index >= 15 is 0 Å². The molecule has 2 heteroatoms. The largest absolute Gasteiger partial charge is 0.396 e. The Hall–Kier alpha value is 0.310. The van der Waals surface area contributed by atoms with Crippen molar-refractivity contribution in [3.63, 3.8) is 0 Å². The molecule has 1 fully saturated rings. The molecule has 0 amide bonds. The van der Waals surface area contributed by atoms with E-state index < -0.39 is 0 Å². The zero-order valence-electron chi connectivity index (χ0n) is 4.97. The molecule has 48 valence electrons. The lowest BCUT2D eigenvalue weighted by Gasteiger charge is -1.91. The van der Waals surface area contributed by atoms with Crippen molar-refractivity contribution in [1.82, 2.24) is 0 Å². The summed E-state index contributed by atoms with van der Waals surface area (Å²) < 4.78 is 0. The van der Waals surface area contributed by atoms with Crippen molar-refractivity contribution in [1.29, 1.82) is 0 Å². The second-order valence-corrected chi connectivity index (χ2v) is 3.51. The van der Waals surface area contributed by atoms with Gasteiger partial charge in [-0.15, -0.1) is 0 Å². The highest BCUT2D eigenvalue weighted by molar-refractivity contribution is 8.06. The molecule has 1 unspecified atom stereocenters. The maximum atomic E-state index is 8.39. The number of thioether (sulfide) groups is 1. The van der Waals surface area contributed by atoms with Crippen molar-refractivity contribution in [3.05, 3.63) is 0 Å². The van der Waals surface area contributed by atoms with E-state index in [4.69, 9.17) is 5.11 Å². The molecule has 0 aromatic carbocycles. The quantitative estimate of drug-likeness (QED) is 0.459. The van der Waals surface area contributed by atoms with Gasteiger partial charge in [0.25, 0.3) is 0 Å². The Balaban J connectivity index is 1.74. The van der Waals surface area contributed by atoms with Gasteiger partial charge >= 0.3 is 0 Å². The molecule has 1 aliphatic heterocycles. The molecule has 0 aromatic rings. The van der Waals surface area contributed by atoms with Crippen LogP contribution in [0.1, 0.15) is 19.3 Å². The van der Waals surface area contributed by atoms with Crippen molar-refractivity contribution >= 4 is 11.8 Å². The monoisotopic (exact) mass is 132 g/mol. The minimum Gasteiger partial charge on any atom is -0.396 e. The van der Waals surface area contributed by atoms with Gasteiger partial charge in [-0.2, -0.15) is 11.8 Å². The van der Waals surface area contributed by atoms with Gasteiger partial charge in [-0.05, 0) is 12.8 Å². The van der Waals surface area contributed by atoms with Crippen LogP contribution in [0.4, 0.5) is 0 Å². The molecule has 1 heterocycles. The van der Waals surface area contributed by atoms with E-state index in [2.05, 4.69) is 0 Å². The molecule has 0 saturated carbocycles. The smallest absolute Gasteiger partial charge is 0.0431 e. The predicted molar refractivity (Wildman–Crippen MR) is 37.2 cm³/mol. The average Bonchev–Trinajstić information content (AvgIpc) is 2.51. The Morgan fingerprint density at radius 3 is 2.75 bits per heavy atom. The molecule has 8 heavy (non-hydrogen) atoms. The van der Waals surface area contributed by atoms with Gasteiger partial charge in [0.1, 0.15) is 0 Å². The summed E-state index contributed by atoms with van der Waals surface area (Å²) in [6.45, 7) is 0.372. The maximum Gasteiger partial charge on any atom is 0.0431 e. The van der Waals surface area contributed by atoms with Gasteiger partial charge in [0.05, 0.1) is 0 Å². The number of hydrogen-bond donors (Lipinski definition) is 1. The van der Waals surface area contributed by atoms with Crippen LogP contribution in [0, 0.1) is 0 Å². The lowest BCUT2D eigenvalue weighted by Crippen LogP contribution is -1.86. The topological polar surface area (TPSA) is 20.2 Å². The Kier molecular flexibility index (Phi) is 2.70. The van der Waals surface area contributed by atoms with E-state index in [1.54, 1.807) is 0 Å². The summed E-state index contributed by atoms with van der Waals surface area (Å²) in [6.07, 6.45) is 3.54. The van der Waals surface area contributed by atoms with Crippen LogP contribution in [0.25, 0.3) is 0 Å². The summed E-state index contributed by atoms with van der Waals surface area (Å²) in [7, 11) is 0. The van der Waals surface area contributed by atoms with Crippen molar-refractivity contribution < 1.29 is 5.11 Å². The molecule has 1 rings (SSSR count). The maximum absolute atomic E-state index is 8.39. The first-order chi connectivity index (χ1) is 3.93.